The molecule has 3 rings (SSSR count). The smallest absolute Gasteiger partial charge is 0.316 e. The molecule has 17 heavy (non-hydrogen) atoms. The minimum Gasteiger partial charge on any atom is -0.354 e. The second-order valence-corrected chi connectivity index (χ2v) is 4.00. The molecule has 0 saturated heterocycles. The first-order valence-electron chi connectivity index (χ1n) is 5.49. The van der Waals surface area contributed by atoms with Crippen molar-refractivity contribution in [2.24, 2.45) is 0 Å². The van der Waals surface area contributed by atoms with Crippen LogP contribution < -0.4 is 0 Å². The molecule has 3 aromatic rings. The van der Waals surface area contributed by atoms with E-state index in [-0.39, 0.29) is 23.1 Å². The average molecular weight is 234 g/mol. The van der Waals surface area contributed by atoms with Gasteiger partial charge in [0.25, 0.3) is 0 Å². The molecule has 0 amide bonds. The summed E-state index contributed by atoms with van der Waals surface area (Å²) in [5.41, 5.74) is 3.75. The molecule has 1 heterocycles. The maximum atomic E-state index is 3.80. The number of para-hydroxylation sites is 2. The zero-order valence-electron chi connectivity index (χ0n) is 9.03. The van der Waals surface area contributed by atoms with E-state index in [4.69, 9.17) is 0 Å². The van der Waals surface area contributed by atoms with Gasteiger partial charge in [-0.25, -0.2) is 0 Å². The zero-order chi connectivity index (χ0) is 11.0. The highest BCUT2D eigenvalue weighted by molar-refractivity contribution is 6.08. The minimum atomic E-state index is 0. The van der Waals surface area contributed by atoms with Crippen LogP contribution in [0.3, 0.4) is 0 Å². The van der Waals surface area contributed by atoms with Gasteiger partial charge < -0.3 is 4.98 Å². The molecule has 1 N–H and O–H groups in total. The van der Waals surface area contributed by atoms with Gasteiger partial charge in [0.15, 0.2) is 0 Å². The van der Waals surface area contributed by atoms with Gasteiger partial charge in [-0.3, -0.25) is 0 Å². The molecule has 0 unspecified atom stereocenters. The summed E-state index contributed by atoms with van der Waals surface area (Å²) in [5.74, 6) is 0. The summed E-state index contributed by atoms with van der Waals surface area (Å²) >= 11 is 0. The number of hydrogen-bond acceptors (Lipinski definition) is 0. The van der Waals surface area contributed by atoms with E-state index in [0.29, 0.717) is 0 Å². The topological polar surface area (TPSA) is 15.8 Å². The van der Waals surface area contributed by atoms with Crippen LogP contribution in [0.5, 0.6) is 0 Å². The highest BCUT2D eigenvalue weighted by Gasteiger charge is 2.05. The number of hydrogen-bond donors (Lipinski definition) is 1. The van der Waals surface area contributed by atoms with E-state index in [1.165, 1.54) is 27.4 Å². The molecule has 82 valence electrons. The summed E-state index contributed by atoms with van der Waals surface area (Å²) < 4.78 is 0. The normalized spacial score (nSPS) is 10.4. The standard InChI is InChI=1S/C15H13N.Mg.2H/c1-2-6-11-7-5-9-13-12-8-3-4-10-14(12)16-15(11)13;;;/h2-5,7-10,16H,1,6H2;;;. The lowest BCUT2D eigenvalue weighted by Gasteiger charge is -1.98. The molecule has 0 radical (unpaired) electrons. The van der Waals surface area contributed by atoms with Gasteiger partial charge in [0.2, 0.25) is 0 Å². The molecule has 0 fully saturated rings. The Morgan fingerprint density at radius 1 is 1.00 bits per heavy atom. The third kappa shape index (κ3) is 1.98. The molecule has 2 heteroatoms. The molecule has 0 aliphatic rings. The van der Waals surface area contributed by atoms with E-state index in [1.807, 2.05) is 6.08 Å². The van der Waals surface area contributed by atoms with Crippen LogP contribution in [0.2, 0.25) is 0 Å². The van der Waals surface area contributed by atoms with Crippen molar-refractivity contribution in [1.29, 1.82) is 0 Å². The number of rotatable bonds is 2. The molecule has 1 nitrogen and oxygen atoms in total. The Morgan fingerprint density at radius 3 is 2.59 bits per heavy atom. The number of nitrogens with one attached hydrogen (secondary N) is 1. The van der Waals surface area contributed by atoms with E-state index in [1.54, 1.807) is 0 Å². The van der Waals surface area contributed by atoms with Crippen molar-refractivity contribution in [3.8, 4) is 0 Å². The maximum absolute atomic E-state index is 3.80. The Hall–Kier alpha value is -1.25. The SMILES string of the molecule is C=CCc1cccc2c1[nH]c1ccccc12.[MgH2]. The van der Waals surface area contributed by atoms with Crippen molar-refractivity contribution < 1.29 is 0 Å². The Kier molecular flexibility index (Phi) is 3.55. The number of aromatic amines is 1. The first kappa shape index (κ1) is 12.2. The second kappa shape index (κ2) is 4.94. The van der Waals surface area contributed by atoms with Crippen molar-refractivity contribution >= 4 is 44.9 Å². The van der Waals surface area contributed by atoms with Crippen molar-refractivity contribution in [3.63, 3.8) is 0 Å². The largest absolute Gasteiger partial charge is 0.354 e. The van der Waals surface area contributed by atoms with Gasteiger partial charge in [-0.2, -0.15) is 0 Å². The fourth-order valence-electron chi connectivity index (χ4n) is 2.26. The van der Waals surface area contributed by atoms with Gasteiger partial charge in [0, 0.05) is 16.3 Å². The predicted molar refractivity (Wildman–Crippen MR) is 78.2 cm³/mol. The third-order valence-electron chi connectivity index (χ3n) is 2.99. The Bertz CT molecular complexity index is 667. The van der Waals surface area contributed by atoms with Crippen LogP contribution in [0.25, 0.3) is 21.8 Å². The van der Waals surface area contributed by atoms with Crippen molar-refractivity contribution in [1.82, 2.24) is 4.98 Å². The molecule has 0 atom stereocenters. The number of aromatic nitrogens is 1. The average Bonchev–Trinajstić information content (AvgIpc) is 2.69. The number of fused-ring (bicyclic) bond motifs is 3. The Balaban J connectivity index is 0.00000108. The molecule has 1 aromatic heterocycles. The molecule has 2 aromatic carbocycles. The molecule has 0 saturated carbocycles. The lowest BCUT2D eigenvalue weighted by atomic mass is 10.1. The van der Waals surface area contributed by atoms with Crippen molar-refractivity contribution in [2.75, 3.05) is 0 Å². The van der Waals surface area contributed by atoms with Crippen molar-refractivity contribution in [2.45, 2.75) is 6.42 Å². The van der Waals surface area contributed by atoms with E-state index in [9.17, 15) is 0 Å². The molecule has 0 spiro atoms. The summed E-state index contributed by atoms with van der Waals surface area (Å²) in [6, 6.07) is 14.8. The monoisotopic (exact) mass is 233 g/mol. The first-order valence-corrected chi connectivity index (χ1v) is 5.49. The Morgan fingerprint density at radius 2 is 1.76 bits per heavy atom. The lowest BCUT2D eigenvalue weighted by Crippen LogP contribution is -1.82. The van der Waals surface area contributed by atoms with Crippen LogP contribution in [-0.4, -0.2) is 28.0 Å². The fourth-order valence-corrected chi connectivity index (χ4v) is 2.26. The predicted octanol–water partition coefficient (Wildman–Crippen LogP) is 3.13. The van der Waals surface area contributed by atoms with E-state index < -0.39 is 0 Å². The summed E-state index contributed by atoms with van der Waals surface area (Å²) in [6.07, 6.45) is 2.85. The molecule has 0 aliphatic heterocycles. The number of benzene rings is 2. The van der Waals surface area contributed by atoms with Crippen LogP contribution in [0.1, 0.15) is 5.56 Å². The van der Waals surface area contributed by atoms with Crippen LogP contribution >= 0.6 is 0 Å². The highest BCUT2D eigenvalue weighted by atomic mass is 24.3. The summed E-state index contributed by atoms with van der Waals surface area (Å²) in [5, 5.41) is 2.60. The lowest BCUT2D eigenvalue weighted by molar-refractivity contribution is 1.29. The van der Waals surface area contributed by atoms with Crippen LogP contribution in [0, 0.1) is 0 Å². The summed E-state index contributed by atoms with van der Waals surface area (Å²) in [6.45, 7) is 3.80. The van der Waals surface area contributed by atoms with Gasteiger partial charge in [-0.05, 0) is 18.1 Å². The first-order chi connectivity index (χ1) is 7.90. The summed E-state index contributed by atoms with van der Waals surface area (Å²) in [7, 11) is 0. The maximum Gasteiger partial charge on any atom is 0.316 e. The molecular formula is C15H15MgN. The van der Waals surface area contributed by atoms with E-state index >= 15 is 0 Å². The summed E-state index contributed by atoms with van der Waals surface area (Å²) in [4.78, 5) is 3.48. The highest BCUT2D eigenvalue weighted by Crippen LogP contribution is 2.27. The van der Waals surface area contributed by atoms with Crippen LogP contribution in [0.15, 0.2) is 55.1 Å². The molecule has 0 bridgehead atoms. The fraction of sp³-hybridized carbons (Fsp3) is 0.0667. The quantitative estimate of drug-likeness (QED) is 0.517. The number of H-pyrrole nitrogens is 1. The third-order valence-corrected chi connectivity index (χ3v) is 2.99. The zero-order valence-corrected chi connectivity index (χ0v) is 9.03. The molecular weight excluding hydrogens is 218 g/mol. The van der Waals surface area contributed by atoms with Crippen LogP contribution in [0.4, 0.5) is 0 Å². The second-order valence-electron chi connectivity index (χ2n) is 4.00. The molecule has 0 aliphatic carbocycles. The number of allylic oxidation sites excluding steroid dienone is 1. The Labute approximate surface area is 117 Å². The van der Waals surface area contributed by atoms with E-state index in [0.717, 1.165) is 6.42 Å². The van der Waals surface area contributed by atoms with Gasteiger partial charge in [0.05, 0.1) is 5.52 Å². The van der Waals surface area contributed by atoms with E-state index in [2.05, 4.69) is 54.0 Å². The van der Waals surface area contributed by atoms with Crippen molar-refractivity contribution in [3.05, 3.63) is 60.7 Å². The van der Waals surface area contributed by atoms with Gasteiger partial charge in [-0.1, -0.05) is 42.5 Å². The van der Waals surface area contributed by atoms with Gasteiger partial charge in [-0.15, -0.1) is 6.58 Å². The van der Waals surface area contributed by atoms with Gasteiger partial charge >= 0.3 is 23.1 Å². The van der Waals surface area contributed by atoms with Gasteiger partial charge in [0.1, 0.15) is 0 Å². The minimum absolute atomic E-state index is 0. The van der Waals surface area contributed by atoms with Crippen LogP contribution in [-0.2, 0) is 6.42 Å².